The Labute approximate surface area is 126 Å². The Balaban J connectivity index is 2.60. The van der Waals surface area contributed by atoms with Crippen molar-refractivity contribution in [2.45, 2.75) is 19.9 Å². The van der Waals surface area contributed by atoms with E-state index in [2.05, 4.69) is 16.0 Å². The smallest absolute Gasteiger partial charge is 0.331 e. The molecule has 0 fully saturated rings. The zero-order chi connectivity index (χ0) is 16.0. The minimum absolute atomic E-state index is 0.0925. The van der Waals surface area contributed by atoms with Crippen LogP contribution in [0.3, 0.4) is 0 Å². The lowest BCUT2D eigenvalue weighted by atomic mass is 9.92. The van der Waals surface area contributed by atoms with Gasteiger partial charge < -0.3 is 21.1 Å². The number of rotatable bonds is 6. The van der Waals surface area contributed by atoms with Gasteiger partial charge in [0.15, 0.2) is 6.04 Å². The van der Waals surface area contributed by atoms with Crippen LogP contribution in [0.2, 0.25) is 0 Å². The standard InChI is InChI=1S/C13H19N3O4S/c1-13(2,11(19)14-3)7-15-12(20)16-9(10(17)18)8-5-4-6-21-8/h4-6,9H,7H2,1-3H3,(H,14,19)(H,17,18)(H2,15,16,20). The number of amides is 3. The molecule has 8 heteroatoms. The molecule has 4 N–H and O–H groups in total. The first kappa shape index (κ1) is 17.0. The first-order valence-electron chi connectivity index (χ1n) is 6.30. The fourth-order valence-electron chi connectivity index (χ4n) is 1.61. The maximum absolute atomic E-state index is 11.8. The van der Waals surface area contributed by atoms with E-state index in [0.29, 0.717) is 4.88 Å². The molecule has 0 aliphatic carbocycles. The van der Waals surface area contributed by atoms with Gasteiger partial charge in [-0.25, -0.2) is 9.59 Å². The van der Waals surface area contributed by atoms with Crippen LogP contribution in [0, 0.1) is 5.41 Å². The summed E-state index contributed by atoms with van der Waals surface area (Å²) >= 11 is 1.25. The predicted octanol–water partition coefficient (Wildman–Crippen LogP) is 0.945. The Kier molecular flexibility index (Phi) is 5.71. The molecule has 0 spiro atoms. The second-order valence-electron chi connectivity index (χ2n) is 5.08. The molecule has 3 amide bonds. The second kappa shape index (κ2) is 7.07. The van der Waals surface area contributed by atoms with Crippen LogP contribution in [0.5, 0.6) is 0 Å². The maximum Gasteiger partial charge on any atom is 0.331 e. The van der Waals surface area contributed by atoms with Crippen molar-refractivity contribution in [2.24, 2.45) is 5.41 Å². The average molecular weight is 313 g/mol. The Morgan fingerprint density at radius 3 is 2.52 bits per heavy atom. The third-order valence-electron chi connectivity index (χ3n) is 2.88. The van der Waals surface area contributed by atoms with E-state index in [-0.39, 0.29) is 12.5 Å². The van der Waals surface area contributed by atoms with Crippen molar-refractivity contribution < 1.29 is 19.5 Å². The van der Waals surface area contributed by atoms with E-state index < -0.39 is 23.5 Å². The Bertz CT molecular complexity index is 513. The fourth-order valence-corrected chi connectivity index (χ4v) is 2.38. The third-order valence-corrected chi connectivity index (χ3v) is 3.82. The maximum atomic E-state index is 11.8. The number of aliphatic carboxylic acids is 1. The molecule has 1 aromatic rings. The molecule has 21 heavy (non-hydrogen) atoms. The van der Waals surface area contributed by atoms with Gasteiger partial charge in [0.25, 0.3) is 0 Å². The molecule has 1 aromatic heterocycles. The molecule has 0 saturated heterocycles. The van der Waals surface area contributed by atoms with Crippen molar-refractivity contribution in [3.8, 4) is 0 Å². The van der Waals surface area contributed by atoms with Gasteiger partial charge in [0.05, 0.1) is 5.41 Å². The van der Waals surface area contributed by atoms with Crippen LogP contribution in [-0.2, 0) is 9.59 Å². The van der Waals surface area contributed by atoms with Crippen LogP contribution >= 0.6 is 11.3 Å². The van der Waals surface area contributed by atoms with Crippen LogP contribution in [0.1, 0.15) is 24.8 Å². The molecule has 116 valence electrons. The molecule has 1 atom stereocenters. The first-order valence-corrected chi connectivity index (χ1v) is 7.18. The van der Waals surface area contributed by atoms with Crippen molar-refractivity contribution >= 4 is 29.2 Å². The zero-order valence-electron chi connectivity index (χ0n) is 12.1. The second-order valence-corrected chi connectivity index (χ2v) is 6.06. The molecule has 0 aliphatic rings. The number of urea groups is 1. The molecule has 0 radical (unpaired) electrons. The SMILES string of the molecule is CNC(=O)C(C)(C)CNC(=O)NC(C(=O)O)c1cccs1. The van der Waals surface area contributed by atoms with Crippen LogP contribution in [0.15, 0.2) is 17.5 Å². The summed E-state index contributed by atoms with van der Waals surface area (Å²) in [5, 5.41) is 18.3. The monoisotopic (exact) mass is 313 g/mol. The number of hydrogen-bond acceptors (Lipinski definition) is 4. The number of thiophene rings is 1. The lowest BCUT2D eigenvalue weighted by Crippen LogP contribution is -2.47. The number of hydrogen-bond donors (Lipinski definition) is 4. The summed E-state index contributed by atoms with van der Waals surface area (Å²) in [6.45, 7) is 3.45. The van der Waals surface area contributed by atoms with Crippen molar-refractivity contribution in [1.82, 2.24) is 16.0 Å². The van der Waals surface area contributed by atoms with E-state index in [0.717, 1.165) is 0 Å². The highest BCUT2D eigenvalue weighted by Gasteiger charge is 2.28. The van der Waals surface area contributed by atoms with E-state index in [4.69, 9.17) is 5.11 Å². The number of nitrogens with one attached hydrogen (secondary N) is 3. The van der Waals surface area contributed by atoms with Gasteiger partial charge in [0.2, 0.25) is 5.91 Å². The topological polar surface area (TPSA) is 108 Å². The van der Waals surface area contributed by atoms with Gasteiger partial charge in [0, 0.05) is 18.5 Å². The summed E-state index contributed by atoms with van der Waals surface area (Å²) in [4.78, 5) is 35.1. The molecular weight excluding hydrogens is 294 g/mol. The van der Waals surface area contributed by atoms with Gasteiger partial charge in [-0.3, -0.25) is 4.79 Å². The highest BCUT2D eigenvalue weighted by molar-refractivity contribution is 7.10. The van der Waals surface area contributed by atoms with E-state index in [9.17, 15) is 14.4 Å². The molecule has 1 unspecified atom stereocenters. The van der Waals surface area contributed by atoms with Gasteiger partial charge in [-0.05, 0) is 25.3 Å². The summed E-state index contributed by atoms with van der Waals surface area (Å²) in [6.07, 6.45) is 0. The molecule has 0 aromatic carbocycles. The minimum Gasteiger partial charge on any atom is -0.479 e. The van der Waals surface area contributed by atoms with Crippen LogP contribution in [-0.4, -0.2) is 36.6 Å². The van der Waals surface area contributed by atoms with Gasteiger partial charge in [-0.1, -0.05) is 6.07 Å². The summed E-state index contributed by atoms with van der Waals surface area (Å²) in [5.74, 6) is -1.35. The largest absolute Gasteiger partial charge is 0.479 e. The molecule has 0 saturated carbocycles. The predicted molar refractivity (Wildman–Crippen MR) is 79.1 cm³/mol. The summed E-state index contributed by atoms with van der Waals surface area (Å²) in [6, 6.07) is 1.61. The fraction of sp³-hybridized carbons (Fsp3) is 0.462. The number of carbonyl (C=O) groups is 3. The normalized spacial score (nSPS) is 12.3. The summed E-state index contributed by atoms with van der Waals surface area (Å²) in [7, 11) is 1.52. The molecule has 0 bridgehead atoms. The van der Waals surface area contributed by atoms with Crippen molar-refractivity contribution in [2.75, 3.05) is 13.6 Å². The minimum atomic E-state index is -1.14. The molecular formula is C13H19N3O4S. The number of carboxylic acids is 1. The Morgan fingerprint density at radius 2 is 2.05 bits per heavy atom. The average Bonchev–Trinajstić information content (AvgIpc) is 2.95. The quantitative estimate of drug-likeness (QED) is 0.627. The Hall–Kier alpha value is -2.09. The van der Waals surface area contributed by atoms with Crippen molar-refractivity contribution in [1.29, 1.82) is 0 Å². The molecule has 0 aliphatic heterocycles. The van der Waals surface area contributed by atoms with Crippen molar-refractivity contribution in [3.63, 3.8) is 0 Å². The van der Waals surface area contributed by atoms with Gasteiger partial charge in [-0.15, -0.1) is 11.3 Å². The molecule has 1 rings (SSSR count). The lowest BCUT2D eigenvalue weighted by Gasteiger charge is -2.23. The number of carboxylic acid groups (broad SMARTS) is 1. The first-order chi connectivity index (χ1) is 9.77. The highest BCUT2D eigenvalue weighted by Crippen LogP contribution is 2.19. The zero-order valence-corrected chi connectivity index (χ0v) is 12.9. The lowest BCUT2D eigenvalue weighted by molar-refractivity contribution is -0.139. The number of carbonyl (C=O) groups excluding carboxylic acids is 2. The summed E-state index contributed by atoms with van der Waals surface area (Å²) in [5.41, 5.74) is -0.784. The van der Waals surface area contributed by atoms with Crippen LogP contribution in [0.4, 0.5) is 4.79 Å². The van der Waals surface area contributed by atoms with Gasteiger partial charge in [0.1, 0.15) is 0 Å². The van der Waals surface area contributed by atoms with Gasteiger partial charge in [-0.2, -0.15) is 0 Å². The summed E-state index contributed by atoms with van der Waals surface area (Å²) < 4.78 is 0. The Morgan fingerprint density at radius 1 is 1.38 bits per heavy atom. The van der Waals surface area contributed by atoms with Crippen LogP contribution < -0.4 is 16.0 Å². The van der Waals surface area contributed by atoms with E-state index in [1.165, 1.54) is 18.4 Å². The van der Waals surface area contributed by atoms with Gasteiger partial charge >= 0.3 is 12.0 Å². The van der Waals surface area contributed by atoms with Crippen molar-refractivity contribution in [3.05, 3.63) is 22.4 Å². The van der Waals surface area contributed by atoms with E-state index in [1.807, 2.05) is 0 Å². The van der Waals surface area contributed by atoms with Crippen LogP contribution in [0.25, 0.3) is 0 Å². The van der Waals surface area contributed by atoms with E-state index >= 15 is 0 Å². The third kappa shape index (κ3) is 4.75. The molecule has 7 nitrogen and oxygen atoms in total. The van der Waals surface area contributed by atoms with E-state index in [1.54, 1.807) is 31.4 Å². The highest BCUT2D eigenvalue weighted by atomic mass is 32.1. The molecule has 1 heterocycles.